The van der Waals surface area contributed by atoms with Gasteiger partial charge in [-0.05, 0) is 99.2 Å². The van der Waals surface area contributed by atoms with Crippen molar-refractivity contribution in [2.75, 3.05) is 20.1 Å². The van der Waals surface area contributed by atoms with Crippen molar-refractivity contribution in [2.45, 2.75) is 88.5 Å². The molecular weight excluding hydrogens is 500 g/mol. The zero-order chi connectivity index (χ0) is 28.0. The molecule has 1 amide bonds. The molecule has 2 saturated carbocycles. The minimum absolute atomic E-state index is 0.00578. The molecule has 7 rings (SSSR count). The van der Waals surface area contributed by atoms with E-state index < -0.39 is 17.1 Å². The summed E-state index contributed by atoms with van der Waals surface area (Å²) < 4.78 is 6.70. The number of aromatic hydroxyl groups is 1. The van der Waals surface area contributed by atoms with E-state index in [-0.39, 0.29) is 29.7 Å². The molecular formula is C34H40N2O4. The lowest BCUT2D eigenvalue weighted by Crippen LogP contribution is -2.81. The van der Waals surface area contributed by atoms with Gasteiger partial charge < -0.3 is 19.8 Å². The van der Waals surface area contributed by atoms with E-state index in [0.717, 1.165) is 55.0 Å². The Balaban J connectivity index is 1.29. The second-order valence-electron chi connectivity index (χ2n) is 13.1. The summed E-state index contributed by atoms with van der Waals surface area (Å²) in [7, 11) is 1.82. The lowest BCUT2D eigenvalue weighted by molar-refractivity contribution is -0.228. The highest BCUT2D eigenvalue weighted by atomic mass is 16.5. The van der Waals surface area contributed by atoms with Crippen LogP contribution >= 0.6 is 0 Å². The number of hydrogen-bond acceptors (Lipinski definition) is 5. The standard InChI is InChI=1S/C34H40N2O4/c1-5-25-18-26(35(4)29(38)13-10-22-7-6-20(2)21(3)16-22)32-33-14-15-36(19-23-8-9-23)28(34(25,33)39)17-24-11-12-27(37)31(40-32)30(24)33/h6-7,11-12,16,23,25-26,28,32,37,39H,5,8-9,14-15,17-19H2,1-4H3/t25-,26-,28+,32+,33-,34+/m0/s1. The van der Waals surface area contributed by atoms with Crippen LogP contribution in [0.3, 0.4) is 0 Å². The zero-order valence-electron chi connectivity index (χ0n) is 24.0. The first-order valence-electron chi connectivity index (χ1n) is 15.0. The van der Waals surface area contributed by atoms with Gasteiger partial charge in [0.25, 0.3) is 5.91 Å². The summed E-state index contributed by atoms with van der Waals surface area (Å²) in [5.41, 5.74) is 3.68. The van der Waals surface area contributed by atoms with E-state index in [4.69, 9.17) is 4.74 Å². The Hall–Kier alpha value is -3.01. The van der Waals surface area contributed by atoms with Gasteiger partial charge in [0.15, 0.2) is 11.5 Å². The summed E-state index contributed by atoms with van der Waals surface area (Å²) in [4.78, 5) is 17.9. The molecule has 2 aliphatic heterocycles. The first-order valence-corrected chi connectivity index (χ1v) is 15.0. The van der Waals surface area contributed by atoms with Gasteiger partial charge in [-0.3, -0.25) is 9.69 Å². The molecule has 5 aliphatic rings. The molecule has 210 valence electrons. The van der Waals surface area contributed by atoms with Gasteiger partial charge in [0.1, 0.15) is 6.10 Å². The van der Waals surface area contributed by atoms with Crippen LogP contribution in [0.4, 0.5) is 0 Å². The molecule has 2 heterocycles. The number of phenols is 1. The summed E-state index contributed by atoms with van der Waals surface area (Å²) in [6, 6.07) is 9.51. The smallest absolute Gasteiger partial charge is 0.298 e. The maximum Gasteiger partial charge on any atom is 0.298 e. The molecule has 3 aliphatic carbocycles. The number of hydrogen-bond donors (Lipinski definition) is 2. The SMILES string of the molecule is CC[C@H]1C[C@H](N(C)C(=O)C#Cc2ccc(C)c(C)c2)[C@H]2Oc3c(O)ccc4c3[C@@]23CCN(CC2CC2)[C@H](C4)[C@]13O. The molecule has 40 heavy (non-hydrogen) atoms. The van der Waals surface area contributed by atoms with Crippen LogP contribution in [-0.2, 0) is 16.6 Å². The number of carbonyl (C=O) groups excluding carboxylic acids is 1. The average molecular weight is 541 g/mol. The summed E-state index contributed by atoms with van der Waals surface area (Å²) in [6.07, 6.45) is 5.10. The van der Waals surface area contributed by atoms with Crippen LogP contribution in [0.25, 0.3) is 0 Å². The van der Waals surface area contributed by atoms with Crippen molar-refractivity contribution in [1.29, 1.82) is 0 Å². The molecule has 2 bridgehead atoms. The third kappa shape index (κ3) is 3.47. The van der Waals surface area contributed by atoms with E-state index in [0.29, 0.717) is 12.2 Å². The van der Waals surface area contributed by atoms with Crippen LogP contribution in [0, 0.1) is 37.5 Å². The molecule has 0 unspecified atom stereocenters. The van der Waals surface area contributed by atoms with Crippen molar-refractivity contribution >= 4 is 5.91 Å². The highest BCUT2D eigenvalue weighted by molar-refractivity contribution is 5.94. The number of piperidine rings is 1. The second-order valence-corrected chi connectivity index (χ2v) is 13.1. The topological polar surface area (TPSA) is 73.2 Å². The van der Waals surface area contributed by atoms with E-state index in [9.17, 15) is 15.0 Å². The quantitative estimate of drug-likeness (QED) is 0.572. The predicted octanol–water partition coefficient (Wildman–Crippen LogP) is 4.09. The van der Waals surface area contributed by atoms with Gasteiger partial charge in [-0.1, -0.05) is 31.4 Å². The fraction of sp³-hybridized carbons (Fsp3) is 0.559. The summed E-state index contributed by atoms with van der Waals surface area (Å²) in [5, 5.41) is 24.0. The fourth-order valence-electron chi connectivity index (χ4n) is 8.71. The summed E-state index contributed by atoms with van der Waals surface area (Å²) in [6.45, 7) is 8.21. The van der Waals surface area contributed by atoms with Crippen molar-refractivity contribution in [2.24, 2.45) is 11.8 Å². The molecule has 0 radical (unpaired) electrons. The Morgan fingerprint density at radius 1 is 1.20 bits per heavy atom. The number of likely N-dealkylation sites (tertiary alicyclic amines) is 1. The van der Waals surface area contributed by atoms with Gasteiger partial charge in [0.05, 0.1) is 17.1 Å². The number of rotatable bonds is 4. The fourth-order valence-corrected chi connectivity index (χ4v) is 8.71. The van der Waals surface area contributed by atoms with Crippen LogP contribution in [0.1, 0.15) is 66.8 Å². The Kier molecular flexibility index (Phi) is 5.83. The third-order valence-corrected chi connectivity index (χ3v) is 11.1. The predicted molar refractivity (Wildman–Crippen MR) is 153 cm³/mol. The normalized spacial score (nSPS) is 33.4. The number of aryl methyl sites for hydroxylation is 2. The van der Waals surface area contributed by atoms with Crippen LogP contribution in [0.2, 0.25) is 0 Å². The molecule has 2 aromatic carbocycles. The lowest BCUT2D eigenvalue weighted by Gasteiger charge is -2.67. The Morgan fingerprint density at radius 2 is 2.00 bits per heavy atom. The van der Waals surface area contributed by atoms with Crippen LogP contribution in [-0.4, -0.2) is 69.8 Å². The van der Waals surface area contributed by atoms with Gasteiger partial charge in [-0.25, -0.2) is 0 Å². The second kappa shape index (κ2) is 8.99. The first kappa shape index (κ1) is 25.9. The van der Waals surface area contributed by atoms with E-state index in [1.165, 1.54) is 24.0 Å². The Labute approximate surface area is 237 Å². The maximum absolute atomic E-state index is 13.6. The molecule has 2 aromatic rings. The zero-order valence-corrected chi connectivity index (χ0v) is 24.0. The number of nitrogens with zero attached hydrogens (tertiary/aromatic N) is 2. The van der Waals surface area contributed by atoms with Gasteiger partial charge in [-0.15, -0.1) is 0 Å². The number of phenolic OH excluding ortho intramolecular Hbond substituents is 1. The highest BCUT2D eigenvalue weighted by Gasteiger charge is 2.75. The summed E-state index contributed by atoms with van der Waals surface area (Å²) in [5.74, 6) is 7.08. The molecule has 6 heteroatoms. The van der Waals surface area contributed by atoms with E-state index in [1.807, 2.05) is 38.2 Å². The molecule has 6 nitrogen and oxygen atoms in total. The Morgan fingerprint density at radius 3 is 2.73 bits per heavy atom. The van der Waals surface area contributed by atoms with Gasteiger partial charge in [0.2, 0.25) is 0 Å². The number of aliphatic hydroxyl groups is 1. The molecule has 0 aromatic heterocycles. The van der Waals surface area contributed by atoms with Gasteiger partial charge >= 0.3 is 0 Å². The molecule has 3 fully saturated rings. The van der Waals surface area contributed by atoms with Crippen molar-refractivity contribution in [1.82, 2.24) is 9.80 Å². The molecule has 1 spiro atoms. The monoisotopic (exact) mass is 540 g/mol. The van der Waals surface area contributed by atoms with Gasteiger partial charge in [-0.2, -0.15) is 0 Å². The van der Waals surface area contributed by atoms with Crippen molar-refractivity contribution < 1.29 is 19.7 Å². The number of ether oxygens (including phenoxy) is 1. The van der Waals surface area contributed by atoms with Crippen molar-refractivity contribution in [3.05, 3.63) is 58.1 Å². The van der Waals surface area contributed by atoms with Crippen LogP contribution in [0.15, 0.2) is 30.3 Å². The minimum Gasteiger partial charge on any atom is -0.504 e. The van der Waals surface area contributed by atoms with E-state index >= 15 is 0 Å². The number of carbonyl (C=O) groups is 1. The van der Waals surface area contributed by atoms with Crippen molar-refractivity contribution in [3.63, 3.8) is 0 Å². The van der Waals surface area contributed by atoms with Gasteiger partial charge in [0, 0.05) is 36.7 Å². The number of likely N-dealkylation sites (N-methyl/N-ethyl adjacent to an activating group) is 1. The molecule has 6 atom stereocenters. The minimum atomic E-state index is -0.989. The lowest BCUT2D eigenvalue weighted by atomic mass is 9.45. The number of amides is 1. The Bertz CT molecular complexity index is 1450. The molecule has 2 N–H and O–H groups in total. The van der Waals surface area contributed by atoms with Crippen LogP contribution in [0.5, 0.6) is 11.5 Å². The highest BCUT2D eigenvalue weighted by Crippen LogP contribution is 2.67. The maximum atomic E-state index is 13.6. The third-order valence-electron chi connectivity index (χ3n) is 11.1. The van der Waals surface area contributed by atoms with E-state index in [1.54, 1.807) is 11.0 Å². The number of benzene rings is 2. The largest absolute Gasteiger partial charge is 0.504 e. The summed E-state index contributed by atoms with van der Waals surface area (Å²) >= 11 is 0. The average Bonchev–Trinajstić information content (AvgIpc) is 3.68. The molecule has 1 saturated heterocycles. The van der Waals surface area contributed by atoms with E-state index in [2.05, 4.69) is 30.6 Å². The van der Waals surface area contributed by atoms with Crippen molar-refractivity contribution in [3.8, 4) is 23.3 Å². The first-order chi connectivity index (χ1) is 19.2. The van der Waals surface area contributed by atoms with Crippen LogP contribution < -0.4 is 4.74 Å².